The summed E-state index contributed by atoms with van der Waals surface area (Å²) in [6, 6.07) is 49.7. The molecule has 6 aliphatic rings. The van der Waals surface area contributed by atoms with Crippen molar-refractivity contribution in [3.8, 4) is 90.9 Å². The van der Waals surface area contributed by atoms with Gasteiger partial charge in [-0.15, -0.1) is 15.3 Å². The Morgan fingerprint density at radius 3 is 1.69 bits per heavy atom. The number of halogens is 3. The summed E-state index contributed by atoms with van der Waals surface area (Å²) in [5, 5.41) is 27.1. The van der Waals surface area contributed by atoms with Crippen LogP contribution < -0.4 is 14.7 Å². The summed E-state index contributed by atoms with van der Waals surface area (Å²) in [5.41, 5.74) is 21.5. The first-order valence-corrected chi connectivity index (χ1v) is 35.7. The Morgan fingerprint density at radius 2 is 1.08 bits per heavy atom. The molecule has 18 rings (SSSR count). The van der Waals surface area contributed by atoms with E-state index in [9.17, 15) is 8.78 Å². The van der Waals surface area contributed by atoms with Crippen LogP contribution in [0.1, 0.15) is 42.0 Å². The Hall–Kier alpha value is -10.4. The lowest BCUT2D eigenvalue weighted by Gasteiger charge is -2.22. The molecule has 3 fully saturated rings. The molecule has 0 N–H and O–H groups in total. The average Bonchev–Trinajstić information content (AvgIpc) is 1.60. The molecule has 0 radical (unpaired) electrons. The molecule has 518 valence electrons. The number of benzene rings is 6. The number of nitriles is 1. The van der Waals surface area contributed by atoms with Gasteiger partial charge in [-0.05, 0) is 221 Å². The van der Waals surface area contributed by atoms with E-state index in [1.165, 1.54) is 76.5 Å². The zero-order valence-corrected chi connectivity index (χ0v) is 59.5. The Morgan fingerprint density at radius 1 is 0.529 bits per heavy atom. The van der Waals surface area contributed by atoms with Crippen LogP contribution in [0.4, 0.5) is 25.8 Å². The van der Waals surface area contributed by atoms with Gasteiger partial charge in [-0.2, -0.15) is 5.26 Å². The first-order chi connectivity index (χ1) is 49.5. The maximum atomic E-state index is 13.4. The fourth-order valence-electron chi connectivity index (χ4n) is 16.3. The van der Waals surface area contributed by atoms with Gasteiger partial charge in [-0.1, -0.05) is 60.1 Å². The third-order valence-electron chi connectivity index (χ3n) is 21.2. The smallest absolute Gasteiger partial charge is 0.185 e. The van der Waals surface area contributed by atoms with Crippen LogP contribution in [0.5, 0.6) is 0 Å². The van der Waals surface area contributed by atoms with Crippen molar-refractivity contribution in [3.05, 3.63) is 222 Å². The quantitative estimate of drug-likeness (QED) is 0.115. The van der Waals surface area contributed by atoms with Crippen molar-refractivity contribution in [2.24, 2.45) is 23.7 Å². The lowest BCUT2D eigenvalue weighted by molar-refractivity contribution is 0.301. The third kappa shape index (κ3) is 13.0. The molecule has 6 aliphatic heterocycles. The Labute approximate surface area is 599 Å². The monoisotopic (exact) mass is 1380 g/mol. The van der Waals surface area contributed by atoms with Crippen LogP contribution in [-0.2, 0) is 19.6 Å². The molecule has 6 aromatic heterocycles. The Balaban J connectivity index is 0.000000118. The lowest BCUT2D eigenvalue weighted by atomic mass is 9.98. The van der Waals surface area contributed by atoms with Crippen LogP contribution in [0.3, 0.4) is 0 Å². The van der Waals surface area contributed by atoms with Crippen molar-refractivity contribution < 1.29 is 8.78 Å². The van der Waals surface area contributed by atoms with Crippen molar-refractivity contribution in [1.82, 2.24) is 67.7 Å². The van der Waals surface area contributed by atoms with Crippen LogP contribution in [0.15, 0.2) is 183 Å². The maximum Gasteiger partial charge on any atom is 0.185 e. The first kappa shape index (κ1) is 66.1. The average molecular weight is 1380 g/mol. The van der Waals surface area contributed by atoms with Gasteiger partial charge in [0.2, 0.25) is 0 Å². The summed E-state index contributed by atoms with van der Waals surface area (Å²) in [6.45, 7) is 14.4. The molecule has 102 heavy (non-hydrogen) atoms. The van der Waals surface area contributed by atoms with E-state index in [2.05, 4.69) is 218 Å². The highest BCUT2D eigenvalue weighted by atomic mass is 35.5. The zero-order valence-electron chi connectivity index (χ0n) is 58.7. The standard InChI is InChI=1S/C27H26ClN7.C27H29FN6.C27H28FN5/c1-32(2)14-19-9-10-33(15-19)22-7-8-24-21(11-22)16-34-25(27-31-30-17-35(24)27)12-23(26(34)28)20-5-3-18(13-29)4-6-20;1-18-13-32(17-22(18)14-31(2)3)24-8-9-25-21(10-24)16-33-15-20(19-4-6-23(28)7-5-19)11-26(33)27-12-29-30-34(25)27;1-30(2)15-19-9-11-31(16-19)24-7-8-25-22(13-24)18-32-17-21(20-3-5-23(28)6-4-20)14-26(32)27-29-10-12-33(25)27/h3-8,11-12,17,19H,9-10,14-16H2,1-2H3;4-12,15,18,22H,13-14,16-17H2,1-3H3;3-8,10,12-14,17,19H,9,11,15-16,18H2,1-2H3/t19-;18-,22-;19-/m010/s1. The second-order valence-electron chi connectivity index (χ2n) is 29.3. The molecule has 18 nitrogen and oxygen atoms in total. The number of fused-ring (bicyclic) bond motifs is 15. The van der Waals surface area contributed by atoms with Crippen LogP contribution >= 0.6 is 11.6 Å². The van der Waals surface area contributed by atoms with E-state index >= 15 is 0 Å². The summed E-state index contributed by atoms with van der Waals surface area (Å²) >= 11 is 6.98. The lowest BCUT2D eigenvalue weighted by Crippen LogP contribution is -2.27. The molecule has 0 unspecified atom stereocenters. The van der Waals surface area contributed by atoms with E-state index in [1.54, 1.807) is 6.33 Å². The number of imidazole rings is 1. The SMILES string of the molecule is CN(C)C[C@@H]1CCN(c2ccc3c(c2)Cn2c(cc(-c4ccc(C#N)cc4)c2Cl)-c2nncn2-3)C1.CN(C)C[C@@H]1CCN(c2ccc3c(c2)Cn2cc(-c4ccc(F)cc4)cc2-c2nccn2-3)C1.C[C@@H]1CN(c2ccc3c(c2)Cn2cc(-c4ccc(F)cc4)cc2-c2cnnn2-3)C[C@H]1CN(C)C. The van der Waals surface area contributed by atoms with Gasteiger partial charge >= 0.3 is 0 Å². The number of nitrogens with zero attached hydrogens (tertiary/aromatic N) is 18. The van der Waals surface area contributed by atoms with Crippen molar-refractivity contribution in [2.45, 2.75) is 39.4 Å². The molecule has 4 atom stereocenters. The van der Waals surface area contributed by atoms with Gasteiger partial charge in [-0.3, -0.25) is 9.13 Å². The number of aromatic nitrogens is 11. The van der Waals surface area contributed by atoms with Gasteiger partial charge in [0.25, 0.3) is 0 Å². The highest BCUT2D eigenvalue weighted by Crippen LogP contribution is 2.43. The van der Waals surface area contributed by atoms with Gasteiger partial charge < -0.3 is 43.1 Å². The maximum absolute atomic E-state index is 13.4. The van der Waals surface area contributed by atoms with E-state index in [1.807, 2.05) is 71.8 Å². The van der Waals surface area contributed by atoms with Crippen LogP contribution in [0.2, 0.25) is 5.15 Å². The fourth-order valence-corrected chi connectivity index (χ4v) is 16.6. The predicted octanol–water partition coefficient (Wildman–Crippen LogP) is 14.1. The highest BCUT2D eigenvalue weighted by Gasteiger charge is 2.33. The minimum Gasteiger partial charge on any atom is -0.371 e. The number of hydrogen-bond acceptors (Lipinski definition) is 12. The molecular weight excluding hydrogens is 1300 g/mol. The van der Waals surface area contributed by atoms with Crippen LogP contribution in [0, 0.1) is 46.6 Å². The number of hydrogen-bond donors (Lipinski definition) is 0. The normalized spacial score (nSPS) is 17.6. The van der Waals surface area contributed by atoms with E-state index in [0.29, 0.717) is 40.9 Å². The molecule has 12 heterocycles. The second-order valence-corrected chi connectivity index (χ2v) is 29.6. The number of rotatable bonds is 12. The molecule has 6 aromatic carbocycles. The van der Waals surface area contributed by atoms with E-state index in [4.69, 9.17) is 16.9 Å². The minimum atomic E-state index is -0.225. The number of anilines is 3. The van der Waals surface area contributed by atoms with Crippen molar-refractivity contribution >= 4 is 28.7 Å². The molecule has 0 bridgehead atoms. The van der Waals surface area contributed by atoms with E-state index < -0.39 is 0 Å². The molecule has 0 amide bonds. The Kier molecular flexibility index (Phi) is 17.8. The fraction of sp³-hybridized carbons (Fsp3) is 0.309. The molecule has 12 aromatic rings. The summed E-state index contributed by atoms with van der Waals surface area (Å²) < 4.78 is 39.7. The largest absolute Gasteiger partial charge is 0.371 e. The Bertz CT molecular complexity index is 5080. The molecule has 0 spiro atoms. The minimum absolute atomic E-state index is 0.216. The molecule has 3 saturated heterocycles. The first-order valence-electron chi connectivity index (χ1n) is 35.3. The van der Waals surface area contributed by atoms with Crippen LogP contribution in [-0.4, -0.2) is 169 Å². The summed E-state index contributed by atoms with van der Waals surface area (Å²) in [7, 11) is 12.9. The van der Waals surface area contributed by atoms with Gasteiger partial charge in [0, 0.05) is 131 Å². The van der Waals surface area contributed by atoms with Crippen molar-refractivity contribution in [3.63, 3.8) is 0 Å². The highest BCUT2D eigenvalue weighted by molar-refractivity contribution is 6.32. The predicted molar refractivity (Wildman–Crippen MR) is 401 cm³/mol. The van der Waals surface area contributed by atoms with Gasteiger partial charge in [0.05, 0.1) is 58.5 Å². The second kappa shape index (κ2) is 27.5. The summed E-state index contributed by atoms with van der Waals surface area (Å²) in [5.74, 6) is 4.00. The van der Waals surface area contributed by atoms with Crippen molar-refractivity contribution in [2.75, 3.05) is 116 Å². The van der Waals surface area contributed by atoms with Gasteiger partial charge in [-0.25, -0.2) is 18.4 Å². The van der Waals surface area contributed by atoms with Crippen molar-refractivity contribution in [1.29, 1.82) is 5.26 Å². The summed E-state index contributed by atoms with van der Waals surface area (Å²) in [4.78, 5) is 19.1. The van der Waals surface area contributed by atoms with Gasteiger partial charge in [0.1, 0.15) is 28.8 Å². The molecule has 0 saturated carbocycles. The van der Waals surface area contributed by atoms with Gasteiger partial charge in [0.15, 0.2) is 11.6 Å². The molecule has 21 heteroatoms. The molecule has 0 aliphatic carbocycles. The third-order valence-corrected chi connectivity index (χ3v) is 21.6. The summed E-state index contributed by atoms with van der Waals surface area (Å²) in [6.07, 6.45) is 14.2. The van der Waals surface area contributed by atoms with Crippen LogP contribution in [0.25, 0.3) is 84.9 Å². The van der Waals surface area contributed by atoms with E-state index in [-0.39, 0.29) is 11.6 Å². The molecular formula is C81H83ClF2N18. The van der Waals surface area contributed by atoms with E-state index in [0.717, 1.165) is 151 Å². The zero-order chi connectivity index (χ0) is 70.0. The topological polar surface area (TPSA) is 137 Å².